The minimum absolute atomic E-state index is 0.00286. The molecule has 2 aliphatic carbocycles. The molecule has 1 aromatic heterocycles. The van der Waals surface area contributed by atoms with E-state index in [2.05, 4.69) is 37.6 Å². The molecule has 0 bridgehead atoms. The molecule has 5 amide bonds. The van der Waals surface area contributed by atoms with E-state index in [0.29, 0.717) is 47.2 Å². The third-order valence-electron chi connectivity index (χ3n) is 13.0. The first kappa shape index (κ1) is 38.8. The van der Waals surface area contributed by atoms with Crippen LogP contribution in [0.25, 0.3) is 0 Å². The summed E-state index contributed by atoms with van der Waals surface area (Å²) in [6, 6.07) is 12.3. The van der Waals surface area contributed by atoms with Crippen LogP contribution in [-0.2, 0) is 9.59 Å². The van der Waals surface area contributed by atoms with Crippen molar-refractivity contribution in [2.24, 2.45) is 17.8 Å². The lowest BCUT2D eigenvalue weighted by Crippen LogP contribution is -2.54. The Balaban J connectivity index is 0.725. The summed E-state index contributed by atoms with van der Waals surface area (Å²) in [7, 11) is 0. The standard InChI is InChI=1S/C42H43ClFN9O6/c1-22-18-50(12-13-52(22)37-10-8-34(48-49-37)39(55)46-24-3-6-25(7-4-24)59-26-5-2-23(17-45)32(43)14-26)19-29-30-20-51(21-31(29)30)36-16-28-27(15-33(36)44)41(57)53(42(28)58)35-9-11-38(54)47-40(35)56/h2,5,8,10,14-16,22,24-25,29-31,35H,3-4,6-7,9,11-13,18-21H2,1H3,(H,46,55)(H,47,54,56)/t22-,24?,25?,29?,30-,31+,35?/m0/s1. The number of halogens is 2. The lowest BCUT2D eigenvalue weighted by atomic mass is 9.93. The molecule has 17 heteroatoms. The number of piperazine rings is 1. The molecular formula is C42H43ClFN9O6. The fraction of sp³-hybridized carbons (Fsp3) is 0.476. The Morgan fingerprint density at radius 3 is 2.37 bits per heavy atom. The Labute approximate surface area is 344 Å². The van der Waals surface area contributed by atoms with Gasteiger partial charge < -0.3 is 19.9 Å². The van der Waals surface area contributed by atoms with Gasteiger partial charge in [0.25, 0.3) is 17.7 Å². The van der Waals surface area contributed by atoms with Crippen LogP contribution >= 0.6 is 11.6 Å². The number of nitriles is 1. The van der Waals surface area contributed by atoms with Crippen molar-refractivity contribution in [1.29, 1.82) is 5.26 Å². The van der Waals surface area contributed by atoms with Crippen LogP contribution in [0.2, 0.25) is 5.02 Å². The fourth-order valence-corrected chi connectivity index (χ4v) is 9.92. The summed E-state index contributed by atoms with van der Waals surface area (Å²) < 4.78 is 21.6. The summed E-state index contributed by atoms with van der Waals surface area (Å²) in [5.41, 5.74) is 0.984. The molecule has 2 aromatic carbocycles. The van der Waals surface area contributed by atoms with Crippen LogP contribution in [0, 0.1) is 34.9 Å². The van der Waals surface area contributed by atoms with Gasteiger partial charge in [0.2, 0.25) is 11.8 Å². The average Bonchev–Trinajstić information content (AvgIpc) is 3.52. The molecule has 5 heterocycles. The summed E-state index contributed by atoms with van der Waals surface area (Å²) in [6.07, 6.45) is 3.14. The van der Waals surface area contributed by atoms with Crippen molar-refractivity contribution in [2.75, 3.05) is 49.1 Å². The molecule has 306 valence electrons. The number of fused-ring (bicyclic) bond motifs is 2. The van der Waals surface area contributed by atoms with E-state index in [-0.39, 0.29) is 59.4 Å². The maximum absolute atomic E-state index is 15.5. The van der Waals surface area contributed by atoms with Crippen LogP contribution in [0.1, 0.15) is 82.2 Å². The van der Waals surface area contributed by atoms with E-state index in [9.17, 15) is 24.0 Å². The number of nitrogens with one attached hydrogen (secondary N) is 2. The number of amides is 5. The van der Waals surface area contributed by atoms with Gasteiger partial charge in [0.05, 0.1) is 33.5 Å². The first-order valence-electron chi connectivity index (χ1n) is 20.3. The number of hydrogen-bond acceptors (Lipinski definition) is 12. The number of ether oxygens (including phenoxy) is 1. The Bertz CT molecular complexity index is 2270. The van der Waals surface area contributed by atoms with Gasteiger partial charge in [0.1, 0.15) is 23.7 Å². The van der Waals surface area contributed by atoms with Gasteiger partial charge in [-0.1, -0.05) is 11.6 Å². The number of carbonyl (C=O) groups is 5. The van der Waals surface area contributed by atoms with Gasteiger partial charge in [-0.15, -0.1) is 10.2 Å². The maximum atomic E-state index is 15.5. The van der Waals surface area contributed by atoms with Crippen molar-refractivity contribution in [2.45, 2.75) is 69.7 Å². The smallest absolute Gasteiger partial charge is 0.272 e. The van der Waals surface area contributed by atoms with Crippen molar-refractivity contribution in [3.8, 4) is 11.8 Å². The number of piperidine rings is 2. The zero-order valence-corrected chi connectivity index (χ0v) is 33.2. The lowest BCUT2D eigenvalue weighted by molar-refractivity contribution is -0.136. The van der Waals surface area contributed by atoms with Gasteiger partial charge in [0, 0.05) is 63.8 Å². The molecule has 9 rings (SSSR count). The summed E-state index contributed by atoms with van der Waals surface area (Å²) in [5, 5.41) is 23.5. The van der Waals surface area contributed by atoms with Crippen LogP contribution in [0.15, 0.2) is 42.5 Å². The van der Waals surface area contributed by atoms with Gasteiger partial charge in [-0.05, 0) is 93.2 Å². The van der Waals surface area contributed by atoms with Crippen LogP contribution in [-0.4, -0.2) is 113 Å². The minimum atomic E-state index is -1.10. The second-order valence-corrected chi connectivity index (χ2v) is 17.0. The van der Waals surface area contributed by atoms with E-state index in [1.807, 2.05) is 17.0 Å². The number of rotatable bonds is 9. The number of imide groups is 2. The zero-order chi connectivity index (χ0) is 41.1. The first-order chi connectivity index (χ1) is 28.4. The van der Waals surface area contributed by atoms with Crippen LogP contribution < -0.4 is 25.2 Å². The quantitative estimate of drug-likeness (QED) is 0.300. The highest BCUT2D eigenvalue weighted by Crippen LogP contribution is 2.53. The van der Waals surface area contributed by atoms with Gasteiger partial charge in [0.15, 0.2) is 11.5 Å². The van der Waals surface area contributed by atoms with Crippen molar-refractivity contribution in [1.82, 2.24) is 30.6 Å². The Hall–Kier alpha value is -5.66. The molecule has 59 heavy (non-hydrogen) atoms. The van der Waals surface area contributed by atoms with E-state index in [4.69, 9.17) is 21.6 Å². The molecule has 0 radical (unpaired) electrons. The van der Waals surface area contributed by atoms with Gasteiger partial charge in [-0.25, -0.2) is 4.39 Å². The lowest BCUT2D eigenvalue weighted by Gasteiger charge is -2.40. The molecular weight excluding hydrogens is 781 g/mol. The Kier molecular flexibility index (Phi) is 10.2. The van der Waals surface area contributed by atoms with E-state index < -0.39 is 35.5 Å². The van der Waals surface area contributed by atoms with Crippen LogP contribution in [0.4, 0.5) is 15.9 Å². The van der Waals surface area contributed by atoms with E-state index in [0.717, 1.165) is 68.6 Å². The minimum Gasteiger partial charge on any atom is -0.490 e. The summed E-state index contributed by atoms with van der Waals surface area (Å²) in [6.45, 7) is 6.85. The molecule has 15 nitrogen and oxygen atoms in total. The predicted octanol–water partition coefficient (Wildman–Crippen LogP) is 3.55. The maximum Gasteiger partial charge on any atom is 0.272 e. The molecule has 5 atom stereocenters. The van der Waals surface area contributed by atoms with Crippen LogP contribution in [0.3, 0.4) is 0 Å². The molecule has 0 spiro atoms. The molecule has 2 unspecified atom stereocenters. The van der Waals surface area contributed by atoms with Gasteiger partial charge >= 0.3 is 0 Å². The first-order valence-corrected chi connectivity index (χ1v) is 20.6. The largest absolute Gasteiger partial charge is 0.490 e. The molecule has 6 aliphatic rings. The Morgan fingerprint density at radius 2 is 1.71 bits per heavy atom. The van der Waals surface area contributed by atoms with E-state index in [1.54, 1.807) is 24.3 Å². The molecule has 2 saturated carbocycles. The van der Waals surface area contributed by atoms with E-state index >= 15 is 4.39 Å². The number of nitrogens with zero attached hydrogens (tertiary/aromatic N) is 7. The summed E-state index contributed by atoms with van der Waals surface area (Å²) in [5.74, 6) is -0.713. The number of hydrogen-bond donors (Lipinski definition) is 2. The topological polar surface area (TPSA) is 181 Å². The highest BCUT2D eigenvalue weighted by atomic mass is 35.5. The number of aromatic nitrogens is 2. The SMILES string of the molecule is C[C@H]1CN(CC2[C@H]3CN(c4cc5c(cc4F)C(=O)N(C4CCC(=O)NC4=O)C5=O)C[C@@H]23)CCN1c1ccc(C(=O)NC2CCC(Oc3ccc(C#N)c(Cl)c3)CC2)nn1. The normalized spacial score (nSPS) is 27.9. The highest BCUT2D eigenvalue weighted by molar-refractivity contribution is 6.31. The molecule has 4 aliphatic heterocycles. The summed E-state index contributed by atoms with van der Waals surface area (Å²) >= 11 is 6.15. The summed E-state index contributed by atoms with van der Waals surface area (Å²) in [4.78, 5) is 71.1. The number of anilines is 2. The van der Waals surface area contributed by atoms with Gasteiger partial charge in [-0.3, -0.25) is 39.1 Å². The zero-order valence-electron chi connectivity index (χ0n) is 32.4. The molecule has 3 saturated heterocycles. The number of benzene rings is 2. The second kappa shape index (κ2) is 15.5. The predicted molar refractivity (Wildman–Crippen MR) is 211 cm³/mol. The monoisotopic (exact) mass is 823 g/mol. The Morgan fingerprint density at radius 1 is 0.966 bits per heavy atom. The van der Waals surface area contributed by atoms with E-state index in [1.165, 1.54) is 6.07 Å². The van der Waals surface area contributed by atoms with Crippen molar-refractivity contribution in [3.63, 3.8) is 0 Å². The van der Waals surface area contributed by atoms with Crippen LogP contribution in [0.5, 0.6) is 5.75 Å². The van der Waals surface area contributed by atoms with Crippen molar-refractivity contribution in [3.05, 3.63) is 75.7 Å². The van der Waals surface area contributed by atoms with Gasteiger partial charge in [-0.2, -0.15) is 5.26 Å². The molecule has 3 aromatic rings. The molecule has 5 fully saturated rings. The van der Waals surface area contributed by atoms with Crippen molar-refractivity contribution < 1.29 is 33.1 Å². The highest BCUT2D eigenvalue weighted by Gasteiger charge is 2.56. The average molecular weight is 824 g/mol. The number of carbonyl (C=O) groups excluding carboxylic acids is 5. The third-order valence-corrected chi connectivity index (χ3v) is 13.3. The molecule has 2 N–H and O–H groups in total. The van der Waals surface area contributed by atoms with Crippen molar-refractivity contribution >= 4 is 52.6 Å². The fourth-order valence-electron chi connectivity index (χ4n) is 9.71. The third kappa shape index (κ3) is 7.46. The second-order valence-electron chi connectivity index (χ2n) is 16.6.